The number of nitrogens with zero attached hydrogens (tertiary/aromatic N) is 1. The summed E-state index contributed by atoms with van der Waals surface area (Å²) < 4.78 is 6.55. The molecule has 0 amide bonds. The number of benzene rings is 9. The fraction of sp³-hybridized carbons (Fsp3) is 0. The van der Waals surface area contributed by atoms with Crippen LogP contribution in [0, 0.1) is 0 Å². The lowest BCUT2D eigenvalue weighted by molar-refractivity contribution is 0.623. The SMILES string of the molecule is c1ccc(-c2ccc(-c3c4ccccc4c(-c4cc5ccc6nc(-c7ccccc7)oc6c5c5ccccc45)c4ccccc34)cc2)cc1. The Morgan fingerprint density at radius 3 is 1.49 bits per heavy atom. The van der Waals surface area contributed by atoms with Crippen LogP contribution in [0.15, 0.2) is 180 Å². The van der Waals surface area contributed by atoms with E-state index in [1.54, 1.807) is 0 Å². The summed E-state index contributed by atoms with van der Waals surface area (Å²) >= 11 is 0. The zero-order valence-corrected chi connectivity index (χ0v) is 26.6. The van der Waals surface area contributed by atoms with E-state index in [0.29, 0.717) is 5.89 Å². The highest BCUT2D eigenvalue weighted by atomic mass is 16.3. The maximum Gasteiger partial charge on any atom is 0.227 e. The summed E-state index contributed by atoms with van der Waals surface area (Å²) in [7, 11) is 0. The van der Waals surface area contributed by atoms with Crippen LogP contribution in [0.2, 0.25) is 0 Å². The zero-order valence-electron chi connectivity index (χ0n) is 26.6. The van der Waals surface area contributed by atoms with Crippen LogP contribution in [0.5, 0.6) is 0 Å². The van der Waals surface area contributed by atoms with Crippen LogP contribution >= 0.6 is 0 Å². The Morgan fingerprint density at radius 2 is 0.857 bits per heavy atom. The molecule has 0 saturated carbocycles. The fourth-order valence-corrected chi connectivity index (χ4v) is 7.68. The third-order valence-electron chi connectivity index (χ3n) is 9.88. The molecule has 0 aliphatic rings. The summed E-state index contributed by atoms with van der Waals surface area (Å²) in [5.74, 6) is 0.639. The molecule has 10 rings (SSSR count). The molecule has 0 fully saturated rings. The van der Waals surface area contributed by atoms with E-state index >= 15 is 0 Å². The van der Waals surface area contributed by atoms with Gasteiger partial charge in [-0.3, -0.25) is 0 Å². The molecule has 9 aromatic carbocycles. The summed E-state index contributed by atoms with van der Waals surface area (Å²) in [6.45, 7) is 0. The first kappa shape index (κ1) is 27.6. The van der Waals surface area contributed by atoms with Gasteiger partial charge >= 0.3 is 0 Å². The molecule has 0 aliphatic heterocycles. The first-order valence-corrected chi connectivity index (χ1v) is 16.7. The fourth-order valence-electron chi connectivity index (χ4n) is 7.68. The molecule has 49 heavy (non-hydrogen) atoms. The Bertz CT molecular complexity index is 2790. The summed E-state index contributed by atoms with van der Waals surface area (Å²) in [6, 6.07) is 62.9. The number of hydrogen-bond donors (Lipinski definition) is 0. The van der Waals surface area contributed by atoms with Gasteiger partial charge in [-0.15, -0.1) is 0 Å². The zero-order chi connectivity index (χ0) is 32.3. The van der Waals surface area contributed by atoms with Crippen LogP contribution in [0.3, 0.4) is 0 Å². The third-order valence-corrected chi connectivity index (χ3v) is 9.88. The average molecular weight is 624 g/mol. The van der Waals surface area contributed by atoms with Crippen LogP contribution < -0.4 is 0 Å². The van der Waals surface area contributed by atoms with Gasteiger partial charge in [0.1, 0.15) is 5.52 Å². The van der Waals surface area contributed by atoms with Crippen LogP contribution in [0.1, 0.15) is 0 Å². The monoisotopic (exact) mass is 623 g/mol. The van der Waals surface area contributed by atoms with E-state index in [1.807, 2.05) is 30.3 Å². The molecule has 2 nitrogen and oxygen atoms in total. The summed E-state index contributed by atoms with van der Waals surface area (Å²) in [6.07, 6.45) is 0. The first-order chi connectivity index (χ1) is 24.3. The summed E-state index contributed by atoms with van der Waals surface area (Å²) in [5.41, 5.74) is 10.0. The molecule has 0 atom stereocenters. The van der Waals surface area contributed by atoms with E-state index < -0.39 is 0 Å². The van der Waals surface area contributed by atoms with Crippen LogP contribution in [0.25, 0.3) is 99.0 Å². The quantitative estimate of drug-likeness (QED) is 0.144. The minimum Gasteiger partial charge on any atom is -0.435 e. The third kappa shape index (κ3) is 4.38. The predicted molar refractivity (Wildman–Crippen MR) is 206 cm³/mol. The molecule has 0 spiro atoms. The number of rotatable bonds is 4. The molecule has 10 aromatic rings. The Hall–Kier alpha value is -6.51. The van der Waals surface area contributed by atoms with Gasteiger partial charge in [0.15, 0.2) is 5.58 Å². The molecule has 0 bridgehead atoms. The van der Waals surface area contributed by atoms with E-state index in [1.165, 1.54) is 60.3 Å². The highest BCUT2D eigenvalue weighted by Crippen LogP contribution is 2.47. The molecule has 1 aromatic heterocycles. The standard InChI is InChI=1S/C47H29NO/c1-3-13-30(14-4-1)31-23-25-32(26-24-31)43-37-19-9-11-21-39(37)45(40-22-12-10-20-38(40)43)41-29-34-27-28-42-46(44(34)36-18-8-7-17-35(36)41)49-47(48-42)33-15-5-2-6-16-33/h1-29H. The maximum atomic E-state index is 6.55. The molecule has 228 valence electrons. The molecule has 1 heterocycles. The number of aromatic nitrogens is 1. The molecule has 0 N–H and O–H groups in total. The highest BCUT2D eigenvalue weighted by Gasteiger charge is 2.21. The molecule has 0 aliphatic carbocycles. The Morgan fingerprint density at radius 1 is 0.367 bits per heavy atom. The van der Waals surface area contributed by atoms with Gasteiger partial charge in [-0.05, 0) is 95.3 Å². The average Bonchev–Trinajstić information content (AvgIpc) is 3.62. The highest BCUT2D eigenvalue weighted by molar-refractivity contribution is 6.27. The second-order valence-corrected chi connectivity index (χ2v) is 12.7. The van der Waals surface area contributed by atoms with Gasteiger partial charge in [0.25, 0.3) is 0 Å². The molecule has 0 radical (unpaired) electrons. The lowest BCUT2D eigenvalue weighted by atomic mass is 9.83. The lowest BCUT2D eigenvalue weighted by Crippen LogP contribution is -1.92. The first-order valence-electron chi connectivity index (χ1n) is 16.7. The van der Waals surface area contributed by atoms with Gasteiger partial charge in [0, 0.05) is 10.9 Å². The molecule has 0 unspecified atom stereocenters. The Balaban J connectivity index is 1.25. The van der Waals surface area contributed by atoms with Gasteiger partial charge in [-0.2, -0.15) is 0 Å². The van der Waals surface area contributed by atoms with Gasteiger partial charge in [0.05, 0.1) is 0 Å². The van der Waals surface area contributed by atoms with Gasteiger partial charge in [0.2, 0.25) is 5.89 Å². The van der Waals surface area contributed by atoms with E-state index in [2.05, 4.69) is 146 Å². The molecular formula is C47H29NO. The van der Waals surface area contributed by atoms with Crippen molar-refractivity contribution in [2.75, 3.05) is 0 Å². The van der Waals surface area contributed by atoms with Crippen LogP contribution in [0.4, 0.5) is 0 Å². The van der Waals surface area contributed by atoms with Crippen molar-refractivity contribution in [1.82, 2.24) is 4.98 Å². The predicted octanol–water partition coefficient (Wildman–Crippen LogP) is 13.1. The topological polar surface area (TPSA) is 26.0 Å². The van der Waals surface area contributed by atoms with Crippen LogP contribution in [-0.4, -0.2) is 4.98 Å². The molecular weight excluding hydrogens is 595 g/mol. The van der Waals surface area contributed by atoms with Crippen LogP contribution in [-0.2, 0) is 0 Å². The van der Waals surface area contributed by atoms with Crippen molar-refractivity contribution in [2.45, 2.75) is 0 Å². The van der Waals surface area contributed by atoms with Gasteiger partial charge < -0.3 is 4.42 Å². The minimum absolute atomic E-state index is 0.639. The van der Waals surface area contributed by atoms with E-state index in [0.717, 1.165) is 32.8 Å². The smallest absolute Gasteiger partial charge is 0.227 e. The van der Waals surface area contributed by atoms with Crippen molar-refractivity contribution in [3.05, 3.63) is 176 Å². The van der Waals surface area contributed by atoms with Crippen molar-refractivity contribution < 1.29 is 4.42 Å². The number of hydrogen-bond acceptors (Lipinski definition) is 2. The second kappa shape index (κ2) is 11.0. The minimum atomic E-state index is 0.639. The van der Waals surface area contributed by atoms with Crippen molar-refractivity contribution in [2.24, 2.45) is 0 Å². The van der Waals surface area contributed by atoms with Gasteiger partial charge in [-0.25, -0.2) is 4.98 Å². The maximum absolute atomic E-state index is 6.55. The van der Waals surface area contributed by atoms with Crippen molar-refractivity contribution >= 4 is 54.2 Å². The van der Waals surface area contributed by atoms with E-state index in [9.17, 15) is 0 Å². The number of oxazole rings is 1. The van der Waals surface area contributed by atoms with Crippen molar-refractivity contribution in [3.8, 4) is 44.8 Å². The second-order valence-electron chi connectivity index (χ2n) is 12.7. The largest absolute Gasteiger partial charge is 0.435 e. The normalized spacial score (nSPS) is 11.7. The van der Waals surface area contributed by atoms with Crippen molar-refractivity contribution in [3.63, 3.8) is 0 Å². The van der Waals surface area contributed by atoms with Crippen molar-refractivity contribution in [1.29, 1.82) is 0 Å². The summed E-state index contributed by atoms with van der Waals surface area (Å²) in [5, 5.41) is 9.53. The molecule has 0 saturated heterocycles. The Labute approximate surface area is 283 Å². The summed E-state index contributed by atoms with van der Waals surface area (Å²) in [4.78, 5) is 4.90. The lowest BCUT2D eigenvalue weighted by Gasteiger charge is -2.19. The number of fused-ring (bicyclic) bond motifs is 7. The molecule has 2 heteroatoms. The van der Waals surface area contributed by atoms with E-state index in [-0.39, 0.29) is 0 Å². The van der Waals surface area contributed by atoms with Gasteiger partial charge in [-0.1, -0.05) is 152 Å². The van der Waals surface area contributed by atoms with E-state index in [4.69, 9.17) is 9.40 Å². The Kier molecular flexibility index (Phi) is 6.22.